The highest BCUT2D eigenvalue weighted by molar-refractivity contribution is 7.89. The van der Waals surface area contributed by atoms with Gasteiger partial charge in [-0.25, -0.2) is 23.1 Å². The fraction of sp³-hybridized carbons (Fsp3) is 0.333. The number of fused-ring (bicyclic) bond motifs is 1. The molecule has 1 aromatic carbocycles. The number of nitrogens with zero attached hydrogens (tertiary/aromatic N) is 3. The van der Waals surface area contributed by atoms with Crippen LogP contribution in [0.2, 0.25) is 0 Å². The molecule has 2 heterocycles. The Hall–Kier alpha value is -2.25. The van der Waals surface area contributed by atoms with Crippen molar-refractivity contribution in [3.8, 4) is 0 Å². The Labute approximate surface area is 147 Å². The van der Waals surface area contributed by atoms with Gasteiger partial charge in [-0.3, -0.25) is 0 Å². The molecule has 0 saturated heterocycles. The number of pyridine rings is 1. The molecular weight excluding hydrogens is 336 g/mol. The minimum absolute atomic E-state index is 0.155. The molecule has 7 heteroatoms. The van der Waals surface area contributed by atoms with Crippen LogP contribution in [0, 0.1) is 13.8 Å². The highest BCUT2D eigenvalue weighted by atomic mass is 32.2. The van der Waals surface area contributed by atoms with E-state index >= 15 is 0 Å². The number of nitrogens with one attached hydrogen (secondary N) is 1. The van der Waals surface area contributed by atoms with E-state index in [-0.39, 0.29) is 6.54 Å². The minimum Gasteiger partial charge on any atom is -0.308 e. The molecule has 0 spiro atoms. The van der Waals surface area contributed by atoms with Gasteiger partial charge in [0.25, 0.3) is 0 Å². The zero-order chi connectivity index (χ0) is 17.6. The minimum atomic E-state index is -3.59. The number of hydrogen-bond acceptors (Lipinski definition) is 4. The van der Waals surface area contributed by atoms with E-state index in [2.05, 4.69) is 19.3 Å². The summed E-state index contributed by atoms with van der Waals surface area (Å²) in [5.41, 5.74) is 3.41. The summed E-state index contributed by atoms with van der Waals surface area (Å²) in [4.78, 5) is 9.30. The van der Waals surface area contributed by atoms with Crippen molar-refractivity contribution in [2.45, 2.75) is 44.2 Å². The quantitative estimate of drug-likeness (QED) is 0.763. The standard InChI is InChI=1S/C18H20N4O2S/c1-12-5-8-16(13(2)10-12)25(23,24)20-11-17-21-15-4-3-9-19-18(15)22(17)14-6-7-14/h3-5,8-10,14,20H,6-7,11H2,1-2H3. The molecule has 0 aliphatic heterocycles. The highest BCUT2D eigenvalue weighted by Gasteiger charge is 2.29. The molecule has 0 bridgehead atoms. The Morgan fingerprint density at radius 1 is 1.24 bits per heavy atom. The third kappa shape index (κ3) is 3.05. The Morgan fingerprint density at radius 2 is 2.04 bits per heavy atom. The van der Waals surface area contributed by atoms with Gasteiger partial charge in [-0.1, -0.05) is 17.7 Å². The van der Waals surface area contributed by atoms with Crippen LogP contribution in [0.25, 0.3) is 11.2 Å². The molecule has 0 unspecified atom stereocenters. The molecular formula is C18H20N4O2S. The fourth-order valence-corrected chi connectivity index (χ4v) is 4.36. The SMILES string of the molecule is Cc1ccc(S(=O)(=O)NCc2nc3cccnc3n2C2CC2)c(C)c1. The second-order valence-electron chi connectivity index (χ2n) is 6.57. The zero-order valence-corrected chi connectivity index (χ0v) is 15.0. The molecule has 25 heavy (non-hydrogen) atoms. The first-order valence-corrected chi connectivity index (χ1v) is 9.83. The van der Waals surface area contributed by atoms with Gasteiger partial charge in [0.1, 0.15) is 11.3 Å². The van der Waals surface area contributed by atoms with E-state index in [1.54, 1.807) is 12.3 Å². The van der Waals surface area contributed by atoms with Gasteiger partial charge in [0.15, 0.2) is 5.65 Å². The number of rotatable bonds is 5. The lowest BCUT2D eigenvalue weighted by Gasteiger charge is -2.11. The molecule has 0 amide bonds. The molecule has 3 aromatic rings. The Kier molecular flexibility index (Phi) is 3.85. The van der Waals surface area contributed by atoms with Gasteiger partial charge in [-0.05, 0) is 50.5 Å². The maximum Gasteiger partial charge on any atom is 0.241 e. The fourth-order valence-electron chi connectivity index (χ4n) is 3.16. The van der Waals surface area contributed by atoms with Gasteiger partial charge >= 0.3 is 0 Å². The number of benzene rings is 1. The molecule has 1 saturated carbocycles. The third-order valence-corrected chi connectivity index (χ3v) is 6.04. The van der Waals surface area contributed by atoms with E-state index in [1.807, 2.05) is 38.1 Å². The van der Waals surface area contributed by atoms with Crippen LogP contribution >= 0.6 is 0 Å². The summed E-state index contributed by atoms with van der Waals surface area (Å²) in [6, 6.07) is 9.46. The van der Waals surface area contributed by atoms with Crippen molar-refractivity contribution >= 4 is 21.2 Å². The normalized spacial score (nSPS) is 15.0. The summed E-state index contributed by atoms with van der Waals surface area (Å²) in [6.07, 6.45) is 3.91. The van der Waals surface area contributed by atoms with Gasteiger partial charge in [-0.15, -0.1) is 0 Å². The van der Waals surface area contributed by atoms with Crippen LogP contribution in [0.5, 0.6) is 0 Å². The van der Waals surface area contributed by atoms with Crippen molar-refractivity contribution in [1.82, 2.24) is 19.3 Å². The second kappa shape index (κ2) is 5.93. The first-order valence-electron chi connectivity index (χ1n) is 8.34. The van der Waals surface area contributed by atoms with Crippen LogP contribution in [0.1, 0.15) is 35.8 Å². The van der Waals surface area contributed by atoms with Gasteiger partial charge < -0.3 is 4.57 Å². The summed E-state index contributed by atoms with van der Waals surface area (Å²) in [7, 11) is -3.59. The Bertz CT molecular complexity index is 1050. The molecule has 1 aliphatic carbocycles. The van der Waals surface area contributed by atoms with Crippen LogP contribution in [-0.2, 0) is 16.6 Å². The number of hydrogen-bond donors (Lipinski definition) is 1. The zero-order valence-electron chi connectivity index (χ0n) is 14.2. The first-order chi connectivity index (χ1) is 12.0. The van der Waals surface area contributed by atoms with Crippen LogP contribution in [0.4, 0.5) is 0 Å². The maximum absolute atomic E-state index is 12.7. The molecule has 0 atom stereocenters. The van der Waals surface area contributed by atoms with Gasteiger partial charge in [0, 0.05) is 12.2 Å². The lowest BCUT2D eigenvalue weighted by molar-refractivity contribution is 0.574. The molecule has 2 aromatic heterocycles. The molecule has 1 N–H and O–H groups in total. The molecule has 1 aliphatic rings. The number of aromatic nitrogens is 3. The topological polar surface area (TPSA) is 76.9 Å². The maximum atomic E-state index is 12.7. The second-order valence-corrected chi connectivity index (χ2v) is 8.30. The lowest BCUT2D eigenvalue weighted by Crippen LogP contribution is -2.25. The highest BCUT2D eigenvalue weighted by Crippen LogP contribution is 2.38. The lowest BCUT2D eigenvalue weighted by atomic mass is 10.2. The molecule has 1 fully saturated rings. The summed E-state index contributed by atoms with van der Waals surface area (Å²) in [6.45, 7) is 3.91. The molecule has 130 valence electrons. The van der Waals surface area contributed by atoms with Crippen LogP contribution in [-0.4, -0.2) is 23.0 Å². The third-order valence-electron chi connectivity index (χ3n) is 4.47. The van der Waals surface area contributed by atoms with E-state index in [1.165, 1.54) is 0 Å². The van der Waals surface area contributed by atoms with E-state index in [0.717, 1.165) is 35.1 Å². The smallest absolute Gasteiger partial charge is 0.241 e. The van der Waals surface area contributed by atoms with Crippen LogP contribution in [0.3, 0.4) is 0 Å². The molecule has 4 rings (SSSR count). The van der Waals surface area contributed by atoms with Crippen molar-refractivity contribution in [3.05, 3.63) is 53.5 Å². The van der Waals surface area contributed by atoms with Gasteiger partial charge in [0.2, 0.25) is 10.0 Å². The van der Waals surface area contributed by atoms with Gasteiger partial charge in [-0.2, -0.15) is 0 Å². The van der Waals surface area contributed by atoms with E-state index in [9.17, 15) is 8.42 Å². The van der Waals surface area contributed by atoms with E-state index in [0.29, 0.717) is 16.8 Å². The predicted molar refractivity (Wildman–Crippen MR) is 95.7 cm³/mol. The van der Waals surface area contributed by atoms with Crippen molar-refractivity contribution in [1.29, 1.82) is 0 Å². The average Bonchev–Trinajstić information content (AvgIpc) is 3.33. The summed E-state index contributed by atoms with van der Waals surface area (Å²) in [5.74, 6) is 0.713. The summed E-state index contributed by atoms with van der Waals surface area (Å²) in [5, 5.41) is 0. The van der Waals surface area contributed by atoms with E-state index < -0.39 is 10.0 Å². The predicted octanol–water partition coefficient (Wildman–Crippen LogP) is 2.86. The van der Waals surface area contributed by atoms with Crippen molar-refractivity contribution in [3.63, 3.8) is 0 Å². The van der Waals surface area contributed by atoms with Gasteiger partial charge in [0.05, 0.1) is 11.4 Å². The number of sulfonamides is 1. The average molecular weight is 356 g/mol. The van der Waals surface area contributed by atoms with Crippen molar-refractivity contribution in [2.24, 2.45) is 0 Å². The molecule has 6 nitrogen and oxygen atoms in total. The Balaban J connectivity index is 1.65. The summed E-state index contributed by atoms with van der Waals surface area (Å²) < 4.78 is 30.1. The molecule has 0 radical (unpaired) electrons. The Morgan fingerprint density at radius 3 is 2.76 bits per heavy atom. The monoisotopic (exact) mass is 356 g/mol. The van der Waals surface area contributed by atoms with Crippen LogP contribution < -0.4 is 4.72 Å². The van der Waals surface area contributed by atoms with Crippen LogP contribution in [0.15, 0.2) is 41.4 Å². The van der Waals surface area contributed by atoms with Crippen molar-refractivity contribution < 1.29 is 8.42 Å². The number of aryl methyl sites for hydroxylation is 2. The number of imidazole rings is 1. The summed E-state index contributed by atoms with van der Waals surface area (Å²) >= 11 is 0. The van der Waals surface area contributed by atoms with Crippen molar-refractivity contribution in [2.75, 3.05) is 0 Å². The van der Waals surface area contributed by atoms with E-state index in [4.69, 9.17) is 0 Å². The largest absolute Gasteiger partial charge is 0.308 e. The first kappa shape index (κ1) is 16.2.